The molecule has 2 aliphatic heterocycles. The highest BCUT2D eigenvalue weighted by Gasteiger charge is 2.37. The van der Waals surface area contributed by atoms with Gasteiger partial charge in [-0.2, -0.15) is 22.1 Å². The Bertz CT molecular complexity index is 635. The molecule has 0 amide bonds. The summed E-state index contributed by atoms with van der Waals surface area (Å²) in [5, 5.41) is 4.15. The molecule has 3 atom stereocenters. The van der Waals surface area contributed by atoms with Gasteiger partial charge in [0.2, 0.25) is 0 Å². The predicted octanol–water partition coefficient (Wildman–Crippen LogP) is 1.02. The number of morpholine rings is 1. The number of nitrogens with zero attached hydrogens (tertiary/aromatic N) is 4. The Morgan fingerprint density at radius 3 is 2.48 bits per heavy atom. The van der Waals surface area contributed by atoms with Gasteiger partial charge in [0.25, 0.3) is 10.2 Å². The van der Waals surface area contributed by atoms with Gasteiger partial charge in [-0.3, -0.25) is 4.68 Å². The van der Waals surface area contributed by atoms with Gasteiger partial charge in [0, 0.05) is 45.0 Å². The van der Waals surface area contributed by atoms with Crippen LogP contribution in [0.1, 0.15) is 31.9 Å². The highest BCUT2D eigenvalue weighted by Crippen LogP contribution is 2.28. The monoisotopic (exact) mass is 342 g/mol. The second kappa shape index (κ2) is 6.51. The summed E-state index contributed by atoms with van der Waals surface area (Å²) in [7, 11) is -1.58. The lowest BCUT2D eigenvalue weighted by Crippen LogP contribution is -2.52. The molecule has 130 valence electrons. The predicted molar refractivity (Wildman–Crippen MR) is 86.9 cm³/mol. The minimum Gasteiger partial charge on any atom is -0.371 e. The van der Waals surface area contributed by atoms with Crippen molar-refractivity contribution in [1.82, 2.24) is 18.4 Å². The van der Waals surface area contributed by atoms with Crippen molar-refractivity contribution in [2.24, 2.45) is 18.9 Å². The molecule has 8 heteroatoms. The minimum atomic E-state index is -3.43. The number of piperidine rings is 1. The van der Waals surface area contributed by atoms with Crippen molar-refractivity contribution in [3.05, 3.63) is 18.0 Å². The number of hydrogen-bond acceptors (Lipinski definition) is 4. The number of ether oxygens (including phenoxy) is 1. The molecule has 0 saturated carbocycles. The van der Waals surface area contributed by atoms with Crippen LogP contribution < -0.4 is 0 Å². The molecule has 0 radical (unpaired) electrons. The molecular weight excluding hydrogens is 316 g/mol. The maximum Gasteiger partial charge on any atom is 0.282 e. The Hall–Kier alpha value is -0.960. The van der Waals surface area contributed by atoms with E-state index < -0.39 is 10.2 Å². The summed E-state index contributed by atoms with van der Waals surface area (Å²) in [4.78, 5) is 0. The summed E-state index contributed by atoms with van der Waals surface area (Å²) >= 11 is 0. The maximum atomic E-state index is 13.0. The summed E-state index contributed by atoms with van der Waals surface area (Å²) in [6.45, 7) is 6.65. The first-order valence-corrected chi connectivity index (χ1v) is 9.61. The number of rotatable bonds is 3. The van der Waals surface area contributed by atoms with E-state index in [0.29, 0.717) is 44.6 Å². The van der Waals surface area contributed by atoms with Gasteiger partial charge in [-0.05, 0) is 18.3 Å². The lowest BCUT2D eigenvalue weighted by atomic mass is 9.94. The van der Waals surface area contributed by atoms with Crippen LogP contribution in [0.5, 0.6) is 0 Å². The van der Waals surface area contributed by atoms with Crippen molar-refractivity contribution in [2.75, 3.05) is 32.8 Å². The molecule has 2 fully saturated rings. The lowest BCUT2D eigenvalue weighted by molar-refractivity contribution is -0.00501. The normalized spacial score (nSPS) is 31.3. The largest absolute Gasteiger partial charge is 0.371 e. The Labute approximate surface area is 138 Å². The van der Waals surface area contributed by atoms with Crippen molar-refractivity contribution in [3.8, 4) is 0 Å². The molecule has 0 aliphatic carbocycles. The maximum absolute atomic E-state index is 13.0. The van der Waals surface area contributed by atoms with E-state index in [1.807, 2.05) is 13.2 Å². The molecule has 2 aliphatic rings. The van der Waals surface area contributed by atoms with Gasteiger partial charge in [0.1, 0.15) is 0 Å². The van der Waals surface area contributed by atoms with Gasteiger partial charge in [0.05, 0.1) is 18.9 Å². The first-order valence-electron chi connectivity index (χ1n) is 8.21. The summed E-state index contributed by atoms with van der Waals surface area (Å²) in [6, 6.07) is 0. The van der Waals surface area contributed by atoms with E-state index in [0.717, 1.165) is 12.0 Å². The second-order valence-corrected chi connectivity index (χ2v) is 8.86. The summed E-state index contributed by atoms with van der Waals surface area (Å²) in [6.07, 6.45) is 4.47. The summed E-state index contributed by atoms with van der Waals surface area (Å²) < 4.78 is 36.7. The average Bonchev–Trinajstić information content (AvgIpc) is 2.93. The number of aromatic nitrogens is 2. The van der Waals surface area contributed by atoms with Crippen molar-refractivity contribution in [1.29, 1.82) is 0 Å². The van der Waals surface area contributed by atoms with Gasteiger partial charge < -0.3 is 4.74 Å². The molecule has 7 nitrogen and oxygen atoms in total. The SMILES string of the molecule is C[C@@H]1C[C@@H](C)CN(S(=O)(=O)N2CCO[C@H](c3cnn(C)c3)C2)C1. The molecule has 1 aromatic rings. The fourth-order valence-electron chi connectivity index (χ4n) is 3.60. The fraction of sp³-hybridized carbons (Fsp3) is 0.800. The van der Waals surface area contributed by atoms with Crippen molar-refractivity contribution < 1.29 is 13.2 Å². The van der Waals surface area contributed by atoms with Crippen LogP contribution in [-0.4, -0.2) is 59.6 Å². The topological polar surface area (TPSA) is 67.7 Å². The smallest absolute Gasteiger partial charge is 0.282 e. The number of aryl methyl sites for hydroxylation is 1. The molecule has 0 aromatic carbocycles. The minimum absolute atomic E-state index is 0.244. The van der Waals surface area contributed by atoms with Crippen LogP contribution >= 0.6 is 0 Å². The average molecular weight is 342 g/mol. The third-order valence-corrected chi connectivity index (χ3v) is 6.55. The van der Waals surface area contributed by atoms with Gasteiger partial charge >= 0.3 is 0 Å². The Kier molecular flexibility index (Phi) is 4.78. The first kappa shape index (κ1) is 16.9. The summed E-state index contributed by atoms with van der Waals surface area (Å²) in [5.74, 6) is 0.812. The van der Waals surface area contributed by atoms with Crippen LogP contribution in [0.4, 0.5) is 0 Å². The molecule has 0 spiro atoms. The van der Waals surface area contributed by atoms with Crippen LogP contribution in [0.25, 0.3) is 0 Å². The van der Waals surface area contributed by atoms with E-state index in [9.17, 15) is 8.42 Å². The third kappa shape index (κ3) is 3.60. The molecule has 2 saturated heterocycles. The van der Waals surface area contributed by atoms with E-state index in [2.05, 4.69) is 18.9 Å². The van der Waals surface area contributed by atoms with Crippen molar-refractivity contribution in [3.63, 3.8) is 0 Å². The number of hydrogen-bond donors (Lipinski definition) is 0. The van der Waals surface area contributed by atoms with Crippen molar-refractivity contribution in [2.45, 2.75) is 26.4 Å². The summed E-state index contributed by atoms with van der Waals surface area (Å²) in [5.41, 5.74) is 0.924. The zero-order valence-electron chi connectivity index (χ0n) is 14.1. The molecule has 0 N–H and O–H groups in total. The lowest BCUT2D eigenvalue weighted by Gasteiger charge is -2.39. The van der Waals surface area contributed by atoms with Gasteiger partial charge in [-0.1, -0.05) is 13.8 Å². The van der Waals surface area contributed by atoms with Crippen LogP contribution in [-0.2, 0) is 22.0 Å². The first-order chi connectivity index (χ1) is 10.9. The molecular formula is C15H26N4O3S. The van der Waals surface area contributed by atoms with Gasteiger partial charge in [0.15, 0.2) is 0 Å². The van der Waals surface area contributed by atoms with Crippen LogP contribution in [0.2, 0.25) is 0 Å². The zero-order chi connectivity index (χ0) is 16.6. The Morgan fingerprint density at radius 1 is 1.17 bits per heavy atom. The fourth-order valence-corrected chi connectivity index (χ4v) is 5.44. The Balaban J connectivity index is 1.74. The van der Waals surface area contributed by atoms with Gasteiger partial charge in [-0.25, -0.2) is 0 Å². The highest BCUT2D eigenvalue weighted by atomic mass is 32.2. The highest BCUT2D eigenvalue weighted by molar-refractivity contribution is 7.86. The quantitative estimate of drug-likeness (QED) is 0.822. The molecule has 23 heavy (non-hydrogen) atoms. The molecule has 3 rings (SSSR count). The van der Waals surface area contributed by atoms with E-state index in [-0.39, 0.29) is 6.10 Å². The molecule has 0 bridgehead atoms. The van der Waals surface area contributed by atoms with E-state index in [1.165, 1.54) is 0 Å². The van der Waals surface area contributed by atoms with E-state index in [1.54, 1.807) is 19.5 Å². The van der Waals surface area contributed by atoms with Crippen LogP contribution in [0, 0.1) is 11.8 Å². The molecule has 1 aromatic heterocycles. The van der Waals surface area contributed by atoms with E-state index in [4.69, 9.17) is 4.74 Å². The van der Waals surface area contributed by atoms with Crippen LogP contribution in [0.15, 0.2) is 12.4 Å². The second-order valence-electron chi connectivity index (χ2n) is 6.94. The Morgan fingerprint density at radius 2 is 1.87 bits per heavy atom. The van der Waals surface area contributed by atoms with Crippen LogP contribution in [0.3, 0.4) is 0 Å². The van der Waals surface area contributed by atoms with E-state index >= 15 is 0 Å². The zero-order valence-corrected chi connectivity index (χ0v) is 14.9. The standard InChI is InChI=1S/C15H26N4O3S/c1-12-6-13(2)9-19(8-12)23(20,21)18-4-5-22-15(11-18)14-7-16-17(3)10-14/h7,10,12-13,15H,4-6,8-9,11H2,1-3H3/t12-,13-,15+/m1/s1. The van der Waals surface area contributed by atoms with Crippen molar-refractivity contribution >= 4 is 10.2 Å². The molecule has 0 unspecified atom stereocenters. The third-order valence-electron chi connectivity index (χ3n) is 4.61. The van der Waals surface area contributed by atoms with Gasteiger partial charge in [-0.15, -0.1) is 0 Å². The molecule has 3 heterocycles.